The Morgan fingerprint density at radius 2 is 2.00 bits per heavy atom. The number of Topliss-reactive ketones (excluding diaryl/α,β-unsaturated/α-hetero) is 1. The zero-order valence-corrected chi connectivity index (χ0v) is 11.4. The molecule has 1 aromatic carbocycles. The molecule has 1 amide bonds. The van der Waals surface area contributed by atoms with Gasteiger partial charge in [-0.1, -0.05) is 30.3 Å². The second kappa shape index (κ2) is 5.97. The molecule has 0 bridgehead atoms. The molecule has 2 atom stereocenters. The molecule has 0 aromatic heterocycles. The van der Waals surface area contributed by atoms with Crippen molar-refractivity contribution in [2.45, 2.75) is 32.4 Å². The van der Waals surface area contributed by atoms with Crippen LogP contribution in [0.5, 0.6) is 0 Å². The number of benzene rings is 1. The molecule has 1 aliphatic rings. The number of hydrogen-bond acceptors (Lipinski definition) is 3. The number of rotatable bonds is 4. The van der Waals surface area contributed by atoms with E-state index in [9.17, 15) is 9.59 Å². The summed E-state index contributed by atoms with van der Waals surface area (Å²) in [4.78, 5) is 25.5. The number of ketones is 1. The number of nitrogens with one attached hydrogen (secondary N) is 1. The summed E-state index contributed by atoms with van der Waals surface area (Å²) in [5.74, 6) is 0.137. The molecule has 19 heavy (non-hydrogen) atoms. The van der Waals surface area contributed by atoms with Crippen LogP contribution in [0.15, 0.2) is 30.3 Å². The maximum Gasteiger partial charge on any atom is 0.217 e. The molecule has 2 rings (SSSR count). The van der Waals surface area contributed by atoms with Gasteiger partial charge < -0.3 is 5.32 Å². The van der Waals surface area contributed by atoms with Gasteiger partial charge in [0.05, 0.1) is 6.04 Å². The van der Waals surface area contributed by atoms with Crippen molar-refractivity contribution in [3.63, 3.8) is 0 Å². The Bertz CT molecular complexity index is 458. The van der Waals surface area contributed by atoms with Crippen LogP contribution in [-0.2, 0) is 4.79 Å². The van der Waals surface area contributed by atoms with Gasteiger partial charge >= 0.3 is 0 Å². The monoisotopic (exact) mass is 260 g/mol. The number of nitrogens with zero attached hydrogens (tertiary/aromatic N) is 1. The van der Waals surface area contributed by atoms with Gasteiger partial charge in [0, 0.05) is 31.6 Å². The average Bonchev–Trinajstić information content (AvgIpc) is 2.85. The Kier molecular flexibility index (Phi) is 4.32. The number of hydrogen-bond donors (Lipinski definition) is 1. The molecule has 1 fully saturated rings. The third kappa shape index (κ3) is 3.41. The lowest BCUT2D eigenvalue weighted by Crippen LogP contribution is -2.41. The van der Waals surface area contributed by atoms with Crippen LogP contribution < -0.4 is 5.32 Å². The number of carbonyl (C=O) groups is 2. The lowest BCUT2D eigenvalue weighted by molar-refractivity contribution is -0.119. The van der Waals surface area contributed by atoms with Crippen molar-refractivity contribution in [3.8, 4) is 0 Å². The van der Waals surface area contributed by atoms with E-state index in [0.717, 1.165) is 25.1 Å². The predicted molar refractivity (Wildman–Crippen MR) is 74.0 cm³/mol. The first-order valence-electron chi connectivity index (χ1n) is 6.68. The smallest absolute Gasteiger partial charge is 0.217 e. The van der Waals surface area contributed by atoms with Gasteiger partial charge in [0.15, 0.2) is 5.78 Å². The van der Waals surface area contributed by atoms with E-state index in [1.165, 1.54) is 6.92 Å². The second-order valence-electron chi connectivity index (χ2n) is 5.09. The molecular formula is C15H20N2O2. The number of amides is 1. The third-order valence-corrected chi connectivity index (χ3v) is 3.61. The Morgan fingerprint density at radius 3 is 2.63 bits per heavy atom. The highest BCUT2D eigenvalue weighted by atomic mass is 16.1. The minimum absolute atomic E-state index is 0.00566. The van der Waals surface area contributed by atoms with E-state index >= 15 is 0 Å². The zero-order valence-electron chi connectivity index (χ0n) is 11.4. The molecule has 102 valence electrons. The first-order valence-corrected chi connectivity index (χ1v) is 6.68. The van der Waals surface area contributed by atoms with Gasteiger partial charge in [0.25, 0.3) is 0 Å². The quantitative estimate of drug-likeness (QED) is 0.834. The van der Waals surface area contributed by atoms with E-state index in [0.29, 0.717) is 0 Å². The second-order valence-corrected chi connectivity index (χ2v) is 5.09. The van der Waals surface area contributed by atoms with Crippen LogP contribution in [0.3, 0.4) is 0 Å². The Labute approximate surface area is 113 Å². The van der Waals surface area contributed by atoms with Crippen LogP contribution >= 0.6 is 0 Å². The Morgan fingerprint density at radius 1 is 1.32 bits per heavy atom. The fourth-order valence-electron chi connectivity index (χ4n) is 2.55. The summed E-state index contributed by atoms with van der Waals surface area (Å²) in [5.41, 5.74) is 0.748. The van der Waals surface area contributed by atoms with Crippen LogP contribution in [0.25, 0.3) is 0 Å². The summed E-state index contributed by atoms with van der Waals surface area (Å²) >= 11 is 0. The van der Waals surface area contributed by atoms with Gasteiger partial charge in [-0.25, -0.2) is 0 Å². The fourth-order valence-corrected chi connectivity index (χ4v) is 2.55. The van der Waals surface area contributed by atoms with Crippen LogP contribution in [0.1, 0.15) is 30.6 Å². The van der Waals surface area contributed by atoms with Gasteiger partial charge in [0.1, 0.15) is 0 Å². The molecule has 2 unspecified atom stereocenters. The van der Waals surface area contributed by atoms with E-state index in [1.807, 2.05) is 37.3 Å². The van der Waals surface area contributed by atoms with Crippen LogP contribution in [-0.4, -0.2) is 41.8 Å². The first-order chi connectivity index (χ1) is 9.08. The molecule has 4 nitrogen and oxygen atoms in total. The van der Waals surface area contributed by atoms with Crippen molar-refractivity contribution in [1.29, 1.82) is 0 Å². The molecule has 0 saturated carbocycles. The lowest BCUT2D eigenvalue weighted by atomic mass is 10.0. The molecular weight excluding hydrogens is 240 g/mol. The highest BCUT2D eigenvalue weighted by Gasteiger charge is 2.30. The summed E-state index contributed by atoms with van der Waals surface area (Å²) in [6, 6.07) is 9.39. The molecule has 0 aliphatic carbocycles. The number of likely N-dealkylation sites (tertiary alicyclic amines) is 1. The van der Waals surface area contributed by atoms with E-state index in [1.54, 1.807) is 0 Å². The third-order valence-electron chi connectivity index (χ3n) is 3.61. The van der Waals surface area contributed by atoms with Crippen LogP contribution in [0.4, 0.5) is 0 Å². The molecule has 1 saturated heterocycles. The molecule has 0 radical (unpaired) electrons. The van der Waals surface area contributed by atoms with Gasteiger partial charge in [-0.3, -0.25) is 14.5 Å². The highest BCUT2D eigenvalue weighted by Crippen LogP contribution is 2.16. The van der Waals surface area contributed by atoms with Gasteiger partial charge in [-0.15, -0.1) is 0 Å². The summed E-state index contributed by atoms with van der Waals surface area (Å²) in [5, 5.41) is 2.91. The standard InChI is InChI=1S/C15H20N2O2/c1-11(15(19)13-6-4-3-5-7-13)17-9-8-14(10-17)16-12(2)18/h3-7,11,14H,8-10H2,1-2H3,(H,16,18). The molecule has 1 aromatic rings. The summed E-state index contributed by atoms with van der Waals surface area (Å²) in [6.45, 7) is 5.07. The van der Waals surface area contributed by atoms with Crippen LogP contribution in [0, 0.1) is 0 Å². The molecule has 1 heterocycles. The minimum Gasteiger partial charge on any atom is -0.352 e. The van der Waals surface area contributed by atoms with Gasteiger partial charge in [-0.2, -0.15) is 0 Å². The van der Waals surface area contributed by atoms with E-state index in [-0.39, 0.29) is 23.8 Å². The van der Waals surface area contributed by atoms with Crippen molar-refractivity contribution in [2.24, 2.45) is 0 Å². The van der Waals surface area contributed by atoms with E-state index in [4.69, 9.17) is 0 Å². The maximum absolute atomic E-state index is 12.3. The molecule has 1 aliphatic heterocycles. The molecule has 1 N–H and O–H groups in total. The zero-order chi connectivity index (χ0) is 13.8. The lowest BCUT2D eigenvalue weighted by Gasteiger charge is -2.23. The highest BCUT2D eigenvalue weighted by molar-refractivity contribution is 5.99. The summed E-state index contributed by atoms with van der Waals surface area (Å²) < 4.78 is 0. The Balaban J connectivity index is 1.96. The van der Waals surface area contributed by atoms with E-state index in [2.05, 4.69) is 10.2 Å². The largest absolute Gasteiger partial charge is 0.352 e. The number of carbonyl (C=O) groups excluding carboxylic acids is 2. The van der Waals surface area contributed by atoms with Gasteiger partial charge in [-0.05, 0) is 13.3 Å². The SMILES string of the molecule is CC(=O)NC1CCN(C(C)C(=O)c2ccccc2)C1. The molecule has 0 spiro atoms. The maximum atomic E-state index is 12.3. The van der Waals surface area contributed by atoms with Crippen molar-refractivity contribution >= 4 is 11.7 Å². The van der Waals surface area contributed by atoms with Gasteiger partial charge in [0.2, 0.25) is 5.91 Å². The average molecular weight is 260 g/mol. The first kappa shape index (κ1) is 13.7. The van der Waals surface area contributed by atoms with Crippen LogP contribution in [0.2, 0.25) is 0 Å². The van der Waals surface area contributed by atoms with Crippen molar-refractivity contribution < 1.29 is 9.59 Å². The predicted octanol–water partition coefficient (Wildman–Crippen LogP) is 1.47. The Hall–Kier alpha value is -1.68. The minimum atomic E-state index is -0.138. The van der Waals surface area contributed by atoms with E-state index < -0.39 is 0 Å². The summed E-state index contributed by atoms with van der Waals surface area (Å²) in [7, 11) is 0. The fraction of sp³-hybridized carbons (Fsp3) is 0.467. The van der Waals surface area contributed by atoms with Crippen molar-refractivity contribution in [2.75, 3.05) is 13.1 Å². The van der Waals surface area contributed by atoms with Crippen molar-refractivity contribution in [3.05, 3.63) is 35.9 Å². The normalized spacial score (nSPS) is 21.1. The summed E-state index contributed by atoms with van der Waals surface area (Å²) in [6.07, 6.45) is 0.909. The van der Waals surface area contributed by atoms with Crippen molar-refractivity contribution in [1.82, 2.24) is 10.2 Å². The topological polar surface area (TPSA) is 49.4 Å². The molecule has 4 heteroatoms.